The second-order valence-electron chi connectivity index (χ2n) is 13.7. The molecule has 2 aliphatic rings. The smallest absolute Gasteiger partial charge is 0.315 e. The number of hydrogen-bond acceptors (Lipinski definition) is 12. The molecule has 1 saturated carbocycles. The molecule has 0 radical (unpaired) electrons. The van der Waals surface area contributed by atoms with E-state index in [2.05, 4.69) is 31.2 Å². The van der Waals surface area contributed by atoms with Gasteiger partial charge < -0.3 is 51.2 Å². The summed E-state index contributed by atoms with van der Waals surface area (Å²) in [4.78, 5) is 45.6. The van der Waals surface area contributed by atoms with Crippen LogP contribution in [-0.4, -0.2) is 101 Å². The zero-order valence-corrected chi connectivity index (χ0v) is 29.7. The van der Waals surface area contributed by atoms with E-state index in [-0.39, 0.29) is 48.2 Å². The fraction of sp³-hybridized carbons (Fsp3) is 0.368. The monoisotopic (exact) mass is 736 g/mol. The van der Waals surface area contributed by atoms with Gasteiger partial charge in [0.05, 0.1) is 18.4 Å². The molecule has 5 aromatic rings. The molecule has 8 N–H and O–H groups in total. The van der Waals surface area contributed by atoms with Crippen molar-refractivity contribution in [1.82, 2.24) is 40.5 Å². The van der Waals surface area contributed by atoms with Crippen molar-refractivity contribution >= 4 is 34.9 Å². The number of phenolic OH excluding ortho intramolecular Hbond substituents is 2. The summed E-state index contributed by atoms with van der Waals surface area (Å²) in [6.45, 7) is 3.42. The highest BCUT2D eigenvalue weighted by molar-refractivity contribution is 5.85. The Morgan fingerprint density at radius 1 is 0.944 bits per heavy atom. The van der Waals surface area contributed by atoms with Crippen LogP contribution in [0.2, 0.25) is 0 Å². The molecule has 1 aliphatic carbocycles. The molecular weight excluding hydrogens is 692 g/mol. The minimum Gasteiger partial charge on any atom is -0.508 e. The SMILES string of the molecule is CCC(=O)N[C@H]1C[C@@H](n2cnc3c(NCC(c4ccc(O)cc4)c4ccc(O)cc4)nc(N4CC[C@@H](NC(=O)NCc5cccnc5)C4)nc32)[C@H](O)[C@@H]1O. The van der Waals surface area contributed by atoms with Crippen LogP contribution in [0.3, 0.4) is 0 Å². The second kappa shape index (κ2) is 15.9. The zero-order chi connectivity index (χ0) is 37.8. The molecule has 0 spiro atoms. The number of anilines is 2. The van der Waals surface area contributed by atoms with Crippen LogP contribution in [0.25, 0.3) is 11.2 Å². The summed E-state index contributed by atoms with van der Waals surface area (Å²) in [6, 6.07) is 15.8. The lowest BCUT2D eigenvalue weighted by atomic mass is 9.91. The van der Waals surface area contributed by atoms with Gasteiger partial charge in [-0.05, 0) is 59.9 Å². The van der Waals surface area contributed by atoms with E-state index in [0.29, 0.717) is 55.5 Å². The average molecular weight is 737 g/mol. The third-order valence-electron chi connectivity index (χ3n) is 10.1. The molecule has 1 aliphatic heterocycles. The summed E-state index contributed by atoms with van der Waals surface area (Å²) in [5.41, 5.74) is 3.59. The number of benzene rings is 2. The number of aliphatic hydroxyl groups excluding tert-OH is 2. The largest absolute Gasteiger partial charge is 0.508 e. The molecule has 282 valence electrons. The number of aromatic nitrogens is 5. The molecule has 54 heavy (non-hydrogen) atoms. The minimum absolute atomic E-state index is 0.143. The Labute approximate surface area is 311 Å². The maximum Gasteiger partial charge on any atom is 0.315 e. The molecule has 2 fully saturated rings. The molecule has 16 heteroatoms. The number of aromatic hydroxyl groups is 2. The van der Waals surface area contributed by atoms with Crippen LogP contribution in [-0.2, 0) is 11.3 Å². The number of urea groups is 1. The molecule has 5 atom stereocenters. The van der Waals surface area contributed by atoms with E-state index in [4.69, 9.17) is 9.97 Å². The van der Waals surface area contributed by atoms with Crippen LogP contribution in [0.5, 0.6) is 11.5 Å². The molecule has 1 saturated heterocycles. The average Bonchev–Trinajstić information content (AvgIpc) is 3.90. The first kappa shape index (κ1) is 36.4. The van der Waals surface area contributed by atoms with Gasteiger partial charge in [-0.1, -0.05) is 37.3 Å². The number of pyridine rings is 1. The van der Waals surface area contributed by atoms with Crippen molar-refractivity contribution in [3.8, 4) is 11.5 Å². The van der Waals surface area contributed by atoms with Crippen molar-refractivity contribution in [3.63, 3.8) is 0 Å². The maximum absolute atomic E-state index is 12.8. The summed E-state index contributed by atoms with van der Waals surface area (Å²) in [7, 11) is 0. The van der Waals surface area contributed by atoms with E-state index in [1.165, 1.54) is 0 Å². The minimum atomic E-state index is -1.20. The number of imidazole rings is 1. The van der Waals surface area contributed by atoms with Gasteiger partial charge in [0.15, 0.2) is 17.0 Å². The predicted molar refractivity (Wildman–Crippen MR) is 200 cm³/mol. The molecular formula is C38H44N10O6. The Morgan fingerprint density at radius 3 is 2.33 bits per heavy atom. The highest BCUT2D eigenvalue weighted by Gasteiger charge is 2.44. The van der Waals surface area contributed by atoms with E-state index in [1.807, 2.05) is 41.3 Å². The van der Waals surface area contributed by atoms with Crippen LogP contribution in [0.15, 0.2) is 79.4 Å². The molecule has 3 amide bonds. The van der Waals surface area contributed by atoms with Crippen LogP contribution >= 0.6 is 0 Å². The van der Waals surface area contributed by atoms with Gasteiger partial charge in [-0.25, -0.2) is 9.78 Å². The molecule has 0 unspecified atom stereocenters. The van der Waals surface area contributed by atoms with Crippen LogP contribution in [0, 0.1) is 0 Å². The predicted octanol–water partition coefficient (Wildman–Crippen LogP) is 2.52. The van der Waals surface area contributed by atoms with Crippen molar-refractivity contribution < 1.29 is 30.0 Å². The van der Waals surface area contributed by atoms with Gasteiger partial charge in [-0.2, -0.15) is 9.97 Å². The van der Waals surface area contributed by atoms with Gasteiger partial charge in [-0.15, -0.1) is 0 Å². The van der Waals surface area contributed by atoms with Gasteiger partial charge in [0.2, 0.25) is 11.9 Å². The van der Waals surface area contributed by atoms with Gasteiger partial charge >= 0.3 is 6.03 Å². The third-order valence-corrected chi connectivity index (χ3v) is 10.1. The topological polar surface area (TPSA) is 223 Å². The van der Waals surface area contributed by atoms with E-state index >= 15 is 0 Å². The number of nitrogens with one attached hydrogen (secondary N) is 4. The van der Waals surface area contributed by atoms with Crippen molar-refractivity contribution in [2.45, 2.75) is 69.0 Å². The van der Waals surface area contributed by atoms with Crippen molar-refractivity contribution in [2.75, 3.05) is 29.9 Å². The lowest BCUT2D eigenvalue weighted by Gasteiger charge is -2.22. The molecule has 3 aromatic heterocycles. The number of rotatable bonds is 12. The van der Waals surface area contributed by atoms with Crippen LogP contribution in [0.4, 0.5) is 16.6 Å². The molecule has 2 aromatic carbocycles. The van der Waals surface area contributed by atoms with Crippen LogP contribution in [0.1, 0.15) is 54.8 Å². The standard InChI is InChI=1S/C38H44N10O6/c1-2-31(51)44-29-16-30(34(53)33(29)52)48-21-42-32-35(40-19-28(23-5-9-26(49)10-6-23)24-7-11-27(50)12-8-24)45-37(46-36(32)48)47-15-13-25(20-47)43-38(54)41-18-22-4-3-14-39-17-22/h3-12,14,17,21,25,28-30,33-34,49-50,52-53H,2,13,15-16,18-20H2,1H3,(H,44,51)(H,40,45,46)(H2,41,43,54)/t25-,29+,30-,33-,34+/m1/s1. The Morgan fingerprint density at radius 2 is 1.67 bits per heavy atom. The molecule has 16 nitrogen and oxygen atoms in total. The zero-order valence-electron chi connectivity index (χ0n) is 29.7. The van der Waals surface area contributed by atoms with E-state index in [1.54, 1.807) is 54.5 Å². The second-order valence-corrected chi connectivity index (χ2v) is 13.7. The third kappa shape index (κ3) is 7.99. The fourth-order valence-corrected chi connectivity index (χ4v) is 7.17. The molecule has 4 heterocycles. The Kier molecular flexibility index (Phi) is 10.7. The number of fused-ring (bicyclic) bond motifs is 1. The summed E-state index contributed by atoms with van der Waals surface area (Å²) in [5.74, 6) is 0.667. The number of phenols is 2. The van der Waals surface area contributed by atoms with E-state index in [9.17, 15) is 30.0 Å². The highest BCUT2D eigenvalue weighted by Crippen LogP contribution is 2.36. The Balaban J connectivity index is 1.17. The number of carbonyl (C=O) groups is 2. The number of hydrogen-bond donors (Lipinski definition) is 8. The van der Waals surface area contributed by atoms with Crippen LogP contribution < -0.4 is 26.2 Å². The van der Waals surface area contributed by atoms with Gasteiger partial charge in [0.25, 0.3) is 0 Å². The summed E-state index contributed by atoms with van der Waals surface area (Å²) < 4.78 is 1.73. The lowest BCUT2D eigenvalue weighted by molar-refractivity contribution is -0.122. The molecule has 7 rings (SSSR count). The number of amides is 3. The first-order valence-corrected chi connectivity index (χ1v) is 18.1. The number of aliphatic hydroxyl groups is 2. The number of carbonyl (C=O) groups excluding carboxylic acids is 2. The summed E-state index contributed by atoms with van der Waals surface area (Å²) in [5, 5.41) is 54.3. The maximum atomic E-state index is 12.8. The quantitative estimate of drug-likeness (QED) is 0.0926. The van der Waals surface area contributed by atoms with Crippen molar-refractivity contribution in [2.24, 2.45) is 0 Å². The van der Waals surface area contributed by atoms with Crippen molar-refractivity contribution in [1.29, 1.82) is 0 Å². The van der Waals surface area contributed by atoms with Crippen molar-refractivity contribution in [3.05, 3.63) is 96.1 Å². The first-order valence-electron chi connectivity index (χ1n) is 18.1. The Bertz CT molecular complexity index is 2020. The van der Waals surface area contributed by atoms with Gasteiger partial charge in [0.1, 0.15) is 23.7 Å². The normalized spacial score (nSPS) is 21.0. The van der Waals surface area contributed by atoms with E-state index < -0.39 is 24.3 Å². The number of nitrogens with zero attached hydrogens (tertiary/aromatic N) is 6. The summed E-state index contributed by atoms with van der Waals surface area (Å²) >= 11 is 0. The first-order chi connectivity index (χ1) is 26.2. The fourth-order valence-electron chi connectivity index (χ4n) is 7.17. The van der Waals surface area contributed by atoms with Gasteiger partial charge in [-0.3, -0.25) is 9.78 Å². The summed E-state index contributed by atoms with van der Waals surface area (Å²) in [6.07, 6.45) is 3.72. The van der Waals surface area contributed by atoms with E-state index in [0.717, 1.165) is 16.7 Å². The lowest BCUT2D eigenvalue weighted by Crippen LogP contribution is -2.43. The highest BCUT2D eigenvalue weighted by atomic mass is 16.3. The Hall–Kier alpha value is -6.00. The van der Waals surface area contributed by atoms with Gasteiger partial charge in [0, 0.05) is 57.0 Å². The molecule has 0 bridgehead atoms.